The normalized spacial score (nSPS) is 14.4. The van der Waals surface area contributed by atoms with Crippen molar-refractivity contribution < 1.29 is 14.3 Å². The molecule has 0 N–H and O–H groups in total. The van der Waals surface area contributed by atoms with E-state index in [9.17, 15) is 4.79 Å². The van der Waals surface area contributed by atoms with Crippen molar-refractivity contribution in [1.82, 2.24) is 24.8 Å². The van der Waals surface area contributed by atoms with Gasteiger partial charge in [0.1, 0.15) is 0 Å². The SMILES string of the molecule is COc1ccc(CN(C)CCn2cc(C(=O)N3CCSCC3)nn2)cc1OC. The van der Waals surface area contributed by atoms with Crippen molar-refractivity contribution in [3.8, 4) is 11.5 Å². The number of amides is 1. The maximum Gasteiger partial charge on any atom is 0.276 e. The number of methoxy groups -OCH3 is 2. The first kappa shape index (κ1) is 20.5. The van der Waals surface area contributed by atoms with Crippen LogP contribution in [0.1, 0.15) is 16.1 Å². The molecule has 3 rings (SSSR count). The van der Waals surface area contributed by atoms with Gasteiger partial charge in [-0.15, -0.1) is 5.10 Å². The largest absolute Gasteiger partial charge is 0.493 e. The Hall–Kier alpha value is -2.26. The Morgan fingerprint density at radius 1 is 1.21 bits per heavy atom. The van der Waals surface area contributed by atoms with Crippen LogP contribution in [-0.2, 0) is 13.1 Å². The maximum atomic E-state index is 12.5. The Morgan fingerprint density at radius 3 is 2.68 bits per heavy atom. The van der Waals surface area contributed by atoms with Gasteiger partial charge in [0, 0.05) is 37.7 Å². The van der Waals surface area contributed by atoms with Crippen molar-refractivity contribution in [2.24, 2.45) is 0 Å². The molecule has 1 fully saturated rings. The lowest BCUT2D eigenvalue weighted by molar-refractivity contribution is 0.0766. The molecule has 1 saturated heterocycles. The molecule has 1 amide bonds. The lowest BCUT2D eigenvalue weighted by Crippen LogP contribution is -2.38. The molecule has 1 aliphatic rings. The summed E-state index contributed by atoms with van der Waals surface area (Å²) in [7, 11) is 5.31. The minimum atomic E-state index is -0.0229. The number of carbonyl (C=O) groups excluding carboxylic acids is 1. The number of hydrogen-bond donors (Lipinski definition) is 0. The molecule has 2 heterocycles. The van der Waals surface area contributed by atoms with Crippen molar-refractivity contribution in [1.29, 1.82) is 0 Å². The summed E-state index contributed by atoms with van der Waals surface area (Å²) in [5.41, 5.74) is 1.56. The van der Waals surface area contributed by atoms with Gasteiger partial charge in [-0.05, 0) is 24.7 Å². The van der Waals surface area contributed by atoms with Gasteiger partial charge < -0.3 is 19.3 Å². The number of carbonyl (C=O) groups is 1. The quantitative estimate of drug-likeness (QED) is 0.661. The van der Waals surface area contributed by atoms with Gasteiger partial charge in [-0.2, -0.15) is 11.8 Å². The van der Waals surface area contributed by atoms with Gasteiger partial charge in [0.2, 0.25) is 0 Å². The molecule has 9 heteroatoms. The number of hydrogen-bond acceptors (Lipinski definition) is 7. The summed E-state index contributed by atoms with van der Waals surface area (Å²) in [5.74, 6) is 3.40. The molecule has 1 aliphatic heterocycles. The van der Waals surface area contributed by atoms with E-state index in [1.807, 2.05) is 41.9 Å². The molecule has 0 saturated carbocycles. The highest BCUT2D eigenvalue weighted by atomic mass is 32.2. The Balaban J connectivity index is 1.51. The monoisotopic (exact) mass is 405 g/mol. The summed E-state index contributed by atoms with van der Waals surface area (Å²) >= 11 is 1.88. The molecule has 0 bridgehead atoms. The first-order valence-corrected chi connectivity index (χ1v) is 10.4. The van der Waals surface area contributed by atoms with E-state index in [0.29, 0.717) is 12.2 Å². The molecule has 0 unspecified atom stereocenters. The van der Waals surface area contributed by atoms with Crippen LogP contribution < -0.4 is 9.47 Å². The number of rotatable bonds is 8. The molecule has 152 valence electrons. The lowest BCUT2D eigenvalue weighted by Gasteiger charge is -2.25. The fourth-order valence-electron chi connectivity index (χ4n) is 3.08. The van der Waals surface area contributed by atoms with Gasteiger partial charge >= 0.3 is 0 Å². The number of ether oxygens (including phenoxy) is 2. The van der Waals surface area contributed by atoms with Crippen molar-refractivity contribution in [2.45, 2.75) is 13.1 Å². The van der Waals surface area contributed by atoms with Crippen molar-refractivity contribution in [2.75, 3.05) is 52.4 Å². The lowest BCUT2D eigenvalue weighted by atomic mass is 10.2. The zero-order valence-electron chi connectivity index (χ0n) is 16.6. The van der Waals surface area contributed by atoms with Crippen LogP contribution in [0.4, 0.5) is 0 Å². The first-order chi connectivity index (χ1) is 13.6. The third-order valence-corrected chi connectivity index (χ3v) is 5.61. The number of likely N-dealkylation sites (N-methyl/N-ethyl adjacent to an activating group) is 1. The Bertz CT molecular complexity index is 792. The Kier molecular flexibility index (Phi) is 7.16. The number of benzene rings is 1. The van der Waals surface area contributed by atoms with Crippen LogP contribution >= 0.6 is 11.8 Å². The van der Waals surface area contributed by atoms with Gasteiger partial charge in [-0.3, -0.25) is 9.48 Å². The highest BCUT2D eigenvalue weighted by Gasteiger charge is 2.21. The summed E-state index contributed by atoms with van der Waals surface area (Å²) in [6.07, 6.45) is 1.74. The second-order valence-electron chi connectivity index (χ2n) is 6.70. The Morgan fingerprint density at radius 2 is 1.96 bits per heavy atom. The van der Waals surface area contributed by atoms with Crippen LogP contribution in [0, 0.1) is 0 Å². The van der Waals surface area contributed by atoms with E-state index in [0.717, 1.165) is 54.7 Å². The fourth-order valence-corrected chi connectivity index (χ4v) is 3.98. The van der Waals surface area contributed by atoms with Gasteiger partial charge in [0.15, 0.2) is 17.2 Å². The zero-order valence-corrected chi connectivity index (χ0v) is 17.4. The molecule has 0 radical (unpaired) electrons. The van der Waals surface area contributed by atoms with Crippen LogP contribution in [0.25, 0.3) is 0 Å². The predicted molar refractivity (Wildman–Crippen MR) is 109 cm³/mol. The molecule has 8 nitrogen and oxygen atoms in total. The summed E-state index contributed by atoms with van der Waals surface area (Å²) in [4.78, 5) is 16.5. The third kappa shape index (κ3) is 5.17. The summed E-state index contributed by atoms with van der Waals surface area (Å²) in [5, 5.41) is 8.17. The van der Waals surface area contributed by atoms with Gasteiger partial charge in [0.25, 0.3) is 5.91 Å². The minimum absolute atomic E-state index is 0.0229. The van der Waals surface area contributed by atoms with E-state index in [4.69, 9.17) is 9.47 Å². The second-order valence-corrected chi connectivity index (χ2v) is 7.92. The number of nitrogens with zero attached hydrogens (tertiary/aromatic N) is 5. The highest BCUT2D eigenvalue weighted by molar-refractivity contribution is 7.99. The van der Waals surface area contributed by atoms with E-state index in [-0.39, 0.29) is 5.91 Å². The van der Waals surface area contributed by atoms with Gasteiger partial charge in [-0.1, -0.05) is 11.3 Å². The third-order valence-electron chi connectivity index (χ3n) is 4.67. The molecule has 0 spiro atoms. The number of thioether (sulfide) groups is 1. The van der Waals surface area contributed by atoms with Crippen LogP contribution in [0.3, 0.4) is 0 Å². The topological polar surface area (TPSA) is 72.7 Å². The van der Waals surface area contributed by atoms with Crippen molar-refractivity contribution in [3.63, 3.8) is 0 Å². The summed E-state index contributed by atoms with van der Waals surface area (Å²) < 4.78 is 12.4. The fraction of sp³-hybridized carbons (Fsp3) is 0.526. The second kappa shape index (κ2) is 9.79. The predicted octanol–water partition coefficient (Wildman–Crippen LogP) is 1.62. The van der Waals surface area contributed by atoms with E-state index in [1.54, 1.807) is 25.1 Å². The van der Waals surface area contributed by atoms with Crippen LogP contribution in [-0.4, -0.2) is 83.1 Å². The molecule has 28 heavy (non-hydrogen) atoms. The van der Waals surface area contributed by atoms with Crippen molar-refractivity contribution in [3.05, 3.63) is 35.7 Å². The van der Waals surface area contributed by atoms with E-state index < -0.39 is 0 Å². The zero-order chi connectivity index (χ0) is 19.9. The maximum absolute atomic E-state index is 12.5. The van der Waals surface area contributed by atoms with Crippen LogP contribution in [0.15, 0.2) is 24.4 Å². The molecule has 0 aliphatic carbocycles. The van der Waals surface area contributed by atoms with E-state index >= 15 is 0 Å². The van der Waals surface area contributed by atoms with Gasteiger partial charge in [-0.25, -0.2) is 0 Å². The Labute approximate surface area is 169 Å². The molecule has 2 aromatic rings. The van der Waals surface area contributed by atoms with E-state index in [1.165, 1.54) is 0 Å². The summed E-state index contributed by atoms with van der Waals surface area (Å²) in [6, 6.07) is 5.93. The molecular weight excluding hydrogens is 378 g/mol. The average molecular weight is 406 g/mol. The van der Waals surface area contributed by atoms with Crippen molar-refractivity contribution >= 4 is 17.7 Å². The minimum Gasteiger partial charge on any atom is -0.493 e. The van der Waals surface area contributed by atoms with E-state index in [2.05, 4.69) is 15.2 Å². The highest BCUT2D eigenvalue weighted by Crippen LogP contribution is 2.27. The van der Waals surface area contributed by atoms with Crippen LogP contribution in [0.5, 0.6) is 11.5 Å². The first-order valence-electron chi connectivity index (χ1n) is 9.27. The number of aromatic nitrogens is 3. The standard InChI is InChI=1S/C19H27N5O3S/c1-22(13-15-4-5-17(26-2)18(12-15)27-3)6-7-24-14-16(20-21-24)19(25)23-8-10-28-11-9-23/h4-5,12,14H,6-11,13H2,1-3H3. The van der Waals surface area contributed by atoms with Gasteiger partial charge in [0.05, 0.1) is 27.0 Å². The molecule has 1 aromatic carbocycles. The average Bonchev–Trinajstić information content (AvgIpc) is 3.21. The molecule has 0 atom stereocenters. The van der Waals surface area contributed by atoms with Crippen LogP contribution in [0.2, 0.25) is 0 Å². The summed E-state index contributed by atoms with van der Waals surface area (Å²) in [6.45, 7) is 3.78. The molecule has 1 aromatic heterocycles. The smallest absolute Gasteiger partial charge is 0.276 e. The molecular formula is C19H27N5O3S.